The van der Waals surface area contributed by atoms with Crippen LogP contribution in [0, 0.1) is 0 Å². The Kier molecular flexibility index (Phi) is 2.45. The Morgan fingerprint density at radius 2 is 2.33 bits per heavy atom. The molecule has 0 bridgehead atoms. The van der Waals surface area contributed by atoms with Crippen molar-refractivity contribution in [2.45, 2.75) is 19.9 Å². The second kappa shape index (κ2) is 3.76. The summed E-state index contributed by atoms with van der Waals surface area (Å²) in [5.74, 6) is 1.20. The third kappa shape index (κ3) is 1.86. The van der Waals surface area contributed by atoms with E-state index >= 15 is 0 Å². The van der Waals surface area contributed by atoms with Crippen LogP contribution >= 0.6 is 0 Å². The van der Waals surface area contributed by atoms with Crippen LogP contribution < -0.4 is 16.2 Å². The van der Waals surface area contributed by atoms with Gasteiger partial charge < -0.3 is 15.6 Å². The van der Waals surface area contributed by atoms with Crippen molar-refractivity contribution in [3.63, 3.8) is 0 Å². The molecule has 2 heterocycles. The van der Waals surface area contributed by atoms with Crippen molar-refractivity contribution in [1.82, 2.24) is 9.97 Å². The van der Waals surface area contributed by atoms with E-state index in [0.717, 1.165) is 6.54 Å². The van der Waals surface area contributed by atoms with Gasteiger partial charge in [0, 0.05) is 12.6 Å². The van der Waals surface area contributed by atoms with E-state index in [1.54, 1.807) is 6.08 Å². The van der Waals surface area contributed by atoms with E-state index in [4.69, 9.17) is 0 Å². The maximum Gasteiger partial charge on any atom is 0.276 e. The van der Waals surface area contributed by atoms with Crippen LogP contribution in [0.5, 0.6) is 0 Å². The lowest BCUT2D eigenvalue weighted by Gasteiger charge is -2.23. The molecule has 1 unspecified atom stereocenters. The monoisotopic (exact) mass is 206 g/mol. The molecule has 2 rings (SSSR count). The first-order valence-electron chi connectivity index (χ1n) is 4.98. The van der Waals surface area contributed by atoms with Crippen LogP contribution in [0.15, 0.2) is 10.9 Å². The zero-order chi connectivity index (χ0) is 10.8. The molecule has 0 saturated carbocycles. The second-order valence-corrected chi connectivity index (χ2v) is 3.60. The highest BCUT2D eigenvalue weighted by molar-refractivity contribution is 5.67. The molecule has 1 aromatic heterocycles. The van der Waals surface area contributed by atoms with Gasteiger partial charge in [0.25, 0.3) is 5.56 Å². The van der Waals surface area contributed by atoms with Crippen molar-refractivity contribution in [3.8, 4) is 0 Å². The number of rotatable bonds is 1. The maximum absolute atomic E-state index is 11.7. The van der Waals surface area contributed by atoms with Crippen LogP contribution in [0.1, 0.15) is 19.7 Å². The van der Waals surface area contributed by atoms with Crippen LogP contribution in [0.25, 0.3) is 6.08 Å². The summed E-state index contributed by atoms with van der Waals surface area (Å²) < 4.78 is 0. The molecule has 1 aromatic rings. The molecule has 1 aliphatic rings. The highest BCUT2D eigenvalue weighted by Gasteiger charge is 2.17. The summed E-state index contributed by atoms with van der Waals surface area (Å²) >= 11 is 0. The predicted molar refractivity (Wildman–Crippen MR) is 61.1 cm³/mol. The van der Waals surface area contributed by atoms with Crippen LogP contribution in [0.3, 0.4) is 0 Å². The van der Waals surface area contributed by atoms with Crippen molar-refractivity contribution >= 4 is 17.6 Å². The summed E-state index contributed by atoms with van der Waals surface area (Å²) in [6, 6.07) is 0.243. The Labute approximate surface area is 87.6 Å². The highest BCUT2D eigenvalue weighted by Crippen LogP contribution is 2.18. The largest absolute Gasteiger partial charge is 0.373 e. The van der Waals surface area contributed by atoms with Gasteiger partial charge in [-0.3, -0.25) is 4.79 Å². The fraction of sp³-hybridized carbons (Fsp3) is 0.400. The van der Waals surface area contributed by atoms with E-state index in [-0.39, 0.29) is 11.6 Å². The minimum absolute atomic E-state index is 0.132. The summed E-state index contributed by atoms with van der Waals surface area (Å²) in [6.45, 7) is 4.67. The van der Waals surface area contributed by atoms with Gasteiger partial charge in [-0.1, -0.05) is 6.08 Å². The topological polar surface area (TPSA) is 69.8 Å². The molecular weight excluding hydrogens is 192 g/mol. The smallest absolute Gasteiger partial charge is 0.276 e. The van der Waals surface area contributed by atoms with E-state index in [1.165, 1.54) is 0 Å². The van der Waals surface area contributed by atoms with Crippen LogP contribution in [-0.2, 0) is 0 Å². The lowest BCUT2D eigenvalue weighted by atomic mass is 10.2. The molecule has 5 heteroatoms. The molecule has 1 aliphatic heterocycles. The number of nitrogens with one attached hydrogen (secondary N) is 3. The number of aromatic amines is 1. The summed E-state index contributed by atoms with van der Waals surface area (Å²) in [7, 11) is 0. The zero-order valence-corrected chi connectivity index (χ0v) is 8.79. The molecule has 0 spiro atoms. The summed E-state index contributed by atoms with van der Waals surface area (Å²) in [4.78, 5) is 18.7. The van der Waals surface area contributed by atoms with Gasteiger partial charge in [0.1, 0.15) is 11.5 Å². The summed E-state index contributed by atoms with van der Waals surface area (Å²) in [5, 5.41) is 6.23. The van der Waals surface area contributed by atoms with Gasteiger partial charge in [0.15, 0.2) is 5.82 Å². The molecule has 0 fully saturated rings. The van der Waals surface area contributed by atoms with E-state index in [1.807, 2.05) is 19.9 Å². The van der Waals surface area contributed by atoms with E-state index in [9.17, 15) is 4.79 Å². The maximum atomic E-state index is 11.7. The van der Waals surface area contributed by atoms with Gasteiger partial charge in [0.05, 0.1) is 0 Å². The standard InChI is InChI=1S/C10H14N4O/c1-3-4-7-13-9-8(10(15)14-7)12-6(2)5-11-9/h3-4,6,12H,5H2,1-2H3,(H2,11,13,14,15)/b4-3+. The fourth-order valence-corrected chi connectivity index (χ4v) is 1.54. The Bertz CT molecular complexity index is 449. The Morgan fingerprint density at radius 3 is 3.07 bits per heavy atom. The second-order valence-electron chi connectivity index (χ2n) is 3.60. The Morgan fingerprint density at radius 1 is 1.53 bits per heavy atom. The average molecular weight is 206 g/mol. The number of hydrogen-bond acceptors (Lipinski definition) is 4. The lowest BCUT2D eigenvalue weighted by Crippen LogP contribution is -2.35. The molecule has 15 heavy (non-hydrogen) atoms. The molecule has 0 amide bonds. The minimum atomic E-state index is -0.132. The molecule has 0 aromatic carbocycles. The minimum Gasteiger partial charge on any atom is -0.373 e. The van der Waals surface area contributed by atoms with Gasteiger partial charge >= 0.3 is 0 Å². The molecule has 1 atom stereocenters. The Hall–Kier alpha value is -1.78. The Balaban J connectivity index is 2.48. The van der Waals surface area contributed by atoms with E-state index in [2.05, 4.69) is 20.6 Å². The number of hydrogen-bond donors (Lipinski definition) is 3. The van der Waals surface area contributed by atoms with Gasteiger partial charge in [-0.25, -0.2) is 4.98 Å². The molecule has 0 radical (unpaired) electrons. The average Bonchev–Trinajstić information content (AvgIpc) is 2.20. The number of fused-ring (bicyclic) bond motifs is 1. The number of nitrogens with zero attached hydrogens (tertiary/aromatic N) is 1. The van der Waals surface area contributed by atoms with Gasteiger partial charge in [-0.2, -0.15) is 0 Å². The molecule has 0 aliphatic carbocycles. The summed E-state index contributed by atoms with van der Waals surface area (Å²) in [5.41, 5.74) is 0.397. The van der Waals surface area contributed by atoms with Gasteiger partial charge in [0.2, 0.25) is 0 Å². The normalized spacial score (nSPS) is 19.5. The predicted octanol–water partition coefficient (Wildman–Crippen LogP) is 1.03. The number of allylic oxidation sites excluding steroid dienone is 1. The number of aromatic nitrogens is 2. The lowest BCUT2D eigenvalue weighted by molar-refractivity contribution is 0.801. The van der Waals surface area contributed by atoms with Crippen molar-refractivity contribution in [1.29, 1.82) is 0 Å². The van der Waals surface area contributed by atoms with Crippen molar-refractivity contribution in [2.75, 3.05) is 17.2 Å². The third-order valence-electron chi connectivity index (χ3n) is 2.23. The van der Waals surface area contributed by atoms with Crippen LogP contribution in [-0.4, -0.2) is 22.6 Å². The zero-order valence-electron chi connectivity index (χ0n) is 8.79. The highest BCUT2D eigenvalue weighted by atomic mass is 16.1. The van der Waals surface area contributed by atoms with Crippen LogP contribution in [0.4, 0.5) is 11.5 Å². The van der Waals surface area contributed by atoms with Crippen molar-refractivity contribution in [2.24, 2.45) is 0 Å². The third-order valence-corrected chi connectivity index (χ3v) is 2.23. The van der Waals surface area contributed by atoms with E-state index < -0.39 is 0 Å². The van der Waals surface area contributed by atoms with Crippen molar-refractivity contribution in [3.05, 3.63) is 22.3 Å². The molecule has 5 nitrogen and oxygen atoms in total. The molecule has 0 saturated heterocycles. The number of H-pyrrole nitrogens is 1. The molecular formula is C10H14N4O. The first-order valence-corrected chi connectivity index (χ1v) is 4.98. The molecule has 80 valence electrons. The fourth-order valence-electron chi connectivity index (χ4n) is 1.54. The molecule has 3 N–H and O–H groups in total. The number of anilines is 2. The van der Waals surface area contributed by atoms with Crippen LogP contribution in [0.2, 0.25) is 0 Å². The van der Waals surface area contributed by atoms with E-state index in [0.29, 0.717) is 17.3 Å². The summed E-state index contributed by atoms with van der Waals surface area (Å²) in [6.07, 6.45) is 3.60. The SMILES string of the molecule is C/C=C/c1nc2c(c(=O)[nH]1)NC(C)CN2. The van der Waals surface area contributed by atoms with Gasteiger partial charge in [-0.05, 0) is 19.9 Å². The van der Waals surface area contributed by atoms with Gasteiger partial charge in [-0.15, -0.1) is 0 Å². The van der Waals surface area contributed by atoms with Crippen molar-refractivity contribution < 1.29 is 0 Å². The quantitative estimate of drug-likeness (QED) is 0.642. The first kappa shape index (κ1) is 9.76. The first-order chi connectivity index (χ1) is 7.20.